The number of aliphatic imine (C=N–C) groups is 1. The fourth-order valence-corrected chi connectivity index (χ4v) is 2.49. The summed E-state index contributed by atoms with van der Waals surface area (Å²) in [5.41, 5.74) is 2.19. The van der Waals surface area contributed by atoms with Crippen molar-refractivity contribution in [2.75, 3.05) is 27.2 Å². The first kappa shape index (κ1) is 19.8. The molecule has 0 atom stereocenters. The van der Waals surface area contributed by atoms with E-state index in [2.05, 4.69) is 15.6 Å². The Labute approximate surface area is 160 Å². The summed E-state index contributed by atoms with van der Waals surface area (Å²) >= 11 is 6.19. The SMILES string of the molecule is CN(C)C(=O)CNC(=NCc1ccccc1)NCCc1ccccc1Cl. The van der Waals surface area contributed by atoms with E-state index >= 15 is 0 Å². The second-order valence-corrected chi connectivity index (χ2v) is 6.47. The number of carbonyl (C=O) groups excluding carboxylic acids is 1. The second-order valence-electron chi connectivity index (χ2n) is 6.06. The van der Waals surface area contributed by atoms with Crippen molar-refractivity contribution in [3.8, 4) is 0 Å². The number of carbonyl (C=O) groups is 1. The van der Waals surface area contributed by atoms with Crippen LogP contribution in [0.1, 0.15) is 11.1 Å². The van der Waals surface area contributed by atoms with Crippen LogP contribution < -0.4 is 10.6 Å². The van der Waals surface area contributed by atoms with Gasteiger partial charge in [0.2, 0.25) is 5.91 Å². The van der Waals surface area contributed by atoms with Crippen LogP contribution >= 0.6 is 11.6 Å². The standard InChI is InChI=1S/C20H25ClN4O/c1-25(2)19(26)15-24-20(23-14-16-8-4-3-5-9-16)22-13-12-17-10-6-7-11-18(17)21/h3-11H,12-15H2,1-2H3,(H2,22,23,24). The van der Waals surface area contributed by atoms with Crippen molar-refractivity contribution < 1.29 is 4.79 Å². The van der Waals surface area contributed by atoms with Crippen LogP contribution in [0.15, 0.2) is 59.6 Å². The largest absolute Gasteiger partial charge is 0.356 e. The van der Waals surface area contributed by atoms with Gasteiger partial charge in [0.1, 0.15) is 0 Å². The summed E-state index contributed by atoms with van der Waals surface area (Å²) in [6, 6.07) is 17.8. The highest BCUT2D eigenvalue weighted by molar-refractivity contribution is 6.31. The molecule has 5 nitrogen and oxygen atoms in total. The van der Waals surface area contributed by atoms with E-state index in [1.807, 2.05) is 54.6 Å². The monoisotopic (exact) mass is 372 g/mol. The first-order valence-electron chi connectivity index (χ1n) is 8.56. The number of nitrogens with one attached hydrogen (secondary N) is 2. The van der Waals surface area contributed by atoms with Gasteiger partial charge in [-0.05, 0) is 23.6 Å². The van der Waals surface area contributed by atoms with E-state index < -0.39 is 0 Å². The van der Waals surface area contributed by atoms with Gasteiger partial charge < -0.3 is 15.5 Å². The maximum Gasteiger partial charge on any atom is 0.241 e. The van der Waals surface area contributed by atoms with Gasteiger partial charge in [0, 0.05) is 25.7 Å². The third kappa shape index (κ3) is 6.76. The molecular formula is C20H25ClN4O. The number of guanidine groups is 1. The van der Waals surface area contributed by atoms with E-state index in [4.69, 9.17) is 11.6 Å². The molecule has 2 rings (SSSR count). The molecule has 2 aromatic carbocycles. The summed E-state index contributed by atoms with van der Waals surface area (Å²) in [7, 11) is 3.46. The van der Waals surface area contributed by atoms with Crippen LogP contribution in [-0.2, 0) is 17.8 Å². The average Bonchev–Trinajstić information content (AvgIpc) is 2.65. The third-order valence-corrected chi connectivity index (χ3v) is 4.18. The van der Waals surface area contributed by atoms with E-state index in [0.717, 1.165) is 22.6 Å². The van der Waals surface area contributed by atoms with Gasteiger partial charge in [0.25, 0.3) is 0 Å². The summed E-state index contributed by atoms with van der Waals surface area (Å²) in [5, 5.41) is 7.11. The molecule has 0 fully saturated rings. The predicted molar refractivity (Wildman–Crippen MR) is 107 cm³/mol. The van der Waals surface area contributed by atoms with E-state index in [0.29, 0.717) is 19.0 Å². The van der Waals surface area contributed by atoms with Crippen molar-refractivity contribution in [3.05, 3.63) is 70.7 Å². The molecule has 26 heavy (non-hydrogen) atoms. The molecule has 0 aliphatic carbocycles. The maximum absolute atomic E-state index is 11.8. The number of nitrogens with zero attached hydrogens (tertiary/aromatic N) is 2. The van der Waals surface area contributed by atoms with Crippen molar-refractivity contribution in [2.45, 2.75) is 13.0 Å². The van der Waals surface area contributed by atoms with Crippen molar-refractivity contribution >= 4 is 23.5 Å². The fourth-order valence-electron chi connectivity index (χ4n) is 2.26. The highest BCUT2D eigenvalue weighted by Crippen LogP contribution is 2.14. The molecule has 0 saturated carbocycles. The average molecular weight is 373 g/mol. The number of hydrogen-bond acceptors (Lipinski definition) is 2. The van der Waals surface area contributed by atoms with Crippen LogP contribution in [0.5, 0.6) is 0 Å². The minimum atomic E-state index is -0.00897. The zero-order chi connectivity index (χ0) is 18.8. The molecule has 2 N–H and O–H groups in total. The predicted octanol–water partition coefficient (Wildman–Crippen LogP) is 2.71. The van der Waals surface area contributed by atoms with Gasteiger partial charge in [-0.25, -0.2) is 4.99 Å². The molecule has 6 heteroatoms. The Morgan fingerprint density at radius 3 is 2.42 bits per heavy atom. The number of amides is 1. The highest BCUT2D eigenvalue weighted by atomic mass is 35.5. The van der Waals surface area contributed by atoms with Crippen LogP contribution in [0.3, 0.4) is 0 Å². The number of likely N-dealkylation sites (N-methyl/N-ethyl adjacent to an activating group) is 1. The van der Waals surface area contributed by atoms with Gasteiger partial charge >= 0.3 is 0 Å². The molecule has 2 aromatic rings. The van der Waals surface area contributed by atoms with Gasteiger partial charge in [0.15, 0.2) is 5.96 Å². The topological polar surface area (TPSA) is 56.7 Å². The zero-order valence-electron chi connectivity index (χ0n) is 15.2. The second kappa shape index (κ2) is 10.5. The molecule has 0 unspecified atom stereocenters. The van der Waals surface area contributed by atoms with Crippen LogP contribution in [0.25, 0.3) is 0 Å². The van der Waals surface area contributed by atoms with Gasteiger partial charge in [-0.2, -0.15) is 0 Å². The lowest BCUT2D eigenvalue weighted by atomic mass is 10.1. The molecular weight excluding hydrogens is 348 g/mol. The molecule has 0 heterocycles. The molecule has 0 radical (unpaired) electrons. The Bertz CT molecular complexity index is 732. The molecule has 0 spiro atoms. The number of halogens is 1. The summed E-state index contributed by atoms with van der Waals surface area (Å²) in [4.78, 5) is 17.9. The Hall–Kier alpha value is -2.53. The van der Waals surface area contributed by atoms with Crippen LogP contribution in [-0.4, -0.2) is 44.0 Å². The van der Waals surface area contributed by atoms with Crippen LogP contribution in [0, 0.1) is 0 Å². The van der Waals surface area contributed by atoms with Gasteiger partial charge in [0.05, 0.1) is 13.1 Å². The fraction of sp³-hybridized carbons (Fsp3) is 0.300. The van der Waals surface area contributed by atoms with Gasteiger partial charge in [-0.15, -0.1) is 0 Å². The number of benzene rings is 2. The summed E-state index contributed by atoms with van der Waals surface area (Å²) in [6.07, 6.45) is 0.771. The van der Waals surface area contributed by atoms with Gasteiger partial charge in [-0.3, -0.25) is 4.79 Å². The van der Waals surface area contributed by atoms with Gasteiger partial charge in [-0.1, -0.05) is 60.1 Å². The Morgan fingerprint density at radius 2 is 1.73 bits per heavy atom. The summed E-state index contributed by atoms with van der Waals surface area (Å²) in [6.45, 7) is 1.40. The first-order valence-corrected chi connectivity index (χ1v) is 8.93. The Kier molecular flexibility index (Phi) is 7.96. The quantitative estimate of drug-likeness (QED) is 0.580. The van der Waals surface area contributed by atoms with Crippen LogP contribution in [0.2, 0.25) is 5.02 Å². The summed E-state index contributed by atoms with van der Waals surface area (Å²) < 4.78 is 0. The molecule has 0 aromatic heterocycles. The highest BCUT2D eigenvalue weighted by Gasteiger charge is 2.06. The van der Waals surface area contributed by atoms with E-state index in [1.54, 1.807) is 19.0 Å². The smallest absolute Gasteiger partial charge is 0.241 e. The summed E-state index contributed by atoms with van der Waals surface area (Å²) in [5.74, 6) is 0.599. The molecule has 0 aliphatic heterocycles. The molecule has 1 amide bonds. The molecule has 0 saturated heterocycles. The minimum absolute atomic E-state index is 0.00897. The maximum atomic E-state index is 11.8. The lowest BCUT2D eigenvalue weighted by molar-refractivity contribution is -0.127. The normalized spacial score (nSPS) is 11.1. The number of hydrogen-bond donors (Lipinski definition) is 2. The first-order chi connectivity index (χ1) is 12.6. The van der Waals surface area contributed by atoms with Crippen molar-refractivity contribution in [1.29, 1.82) is 0 Å². The molecule has 0 aliphatic rings. The molecule has 0 bridgehead atoms. The number of rotatable bonds is 7. The minimum Gasteiger partial charge on any atom is -0.356 e. The van der Waals surface area contributed by atoms with Crippen molar-refractivity contribution in [1.82, 2.24) is 15.5 Å². The van der Waals surface area contributed by atoms with E-state index in [9.17, 15) is 4.79 Å². The van der Waals surface area contributed by atoms with Crippen LogP contribution in [0.4, 0.5) is 0 Å². The lowest BCUT2D eigenvalue weighted by Gasteiger charge is -2.15. The van der Waals surface area contributed by atoms with E-state index in [-0.39, 0.29) is 12.5 Å². The molecule has 138 valence electrons. The Balaban J connectivity index is 1.95. The van der Waals surface area contributed by atoms with Crippen molar-refractivity contribution in [2.24, 2.45) is 4.99 Å². The third-order valence-electron chi connectivity index (χ3n) is 3.81. The van der Waals surface area contributed by atoms with E-state index in [1.165, 1.54) is 0 Å². The zero-order valence-corrected chi connectivity index (χ0v) is 16.0. The van der Waals surface area contributed by atoms with Crippen molar-refractivity contribution in [3.63, 3.8) is 0 Å². The Morgan fingerprint density at radius 1 is 1.04 bits per heavy atom. The lowest BCUT2D eigenvalue weighted by Crippen LogP contribution is -2.43.